The van der Waals surface area contributed by atoms with E-state index in [9.17, 15) is 17.6 Å². The van der Waals surface area contributed by atoms with Gasteiger partial charge in [0.1, 0.15) is 23.3 Å². The molecule has 1 aliphatic rings. The smallest absolute Gasteiger partial charge is 0.206 e. The van der Waals surface area contributed by atoms with Crippen molar-refractivity contribution in [2.75, 3.05) is 0 Å². The highest BCUT2D eigenvalue weighted by atomic mass is 19.1. The Kier molecular flexibility index (Phi) is 5.14. The Bertz CT molecular complexity index is 1080. The van der Waals surface area contributed by atoms with Crippen LogP contribution in [0.25, 0.3) is 16.1 Å². The Hall–Kier alpha value is -4.04. The number of benzene rings is 2. The minimum Gasteiger partial charge on any atom is -0.207 e. The maximum atomic E-state index is 14.2. The van der Waals surface area contributed by atoms with E-state index in [4.69, 9.17) is 11.8 Å². The van der Waals surface area contributed by atoms with Gasteiger partial charge in [0.25, 0.3) is 0 Å². The lowest BCUT2D eigenvalue weighted by Gasteiger charge is -2.17. The summed E-state index contributed by atoms with van der Waals surface area (Å²) in [5.74, 6) is -3.41. The highest BCUT2D eigenvalue weighted by molar-refractivity contribution is 6.46. The molecule has 2 aromatic rings. The Labute approximate surface area is 156 Å². The number of hydrogen-bond donors (Lipinski definition) is 0. The molecule has 136 valence electrons. The largest absolute Gasteiger partial charge is 0.207 e. The van der Waals surface area contributed by atoms with Gasteiger partial charge in [0.05, 0.1) is 10.8 Å². The van der Waals surface area contributed by atoms with Gasteiger partial charge >= 0.3 is 0 Å². The molecule has 0 bridgehead atoms. The molecular weight excluding hydrogens is 372 g/mol. The molecule has 0 amide bonds. The van der Waals surface area contributed by atoms with E-state index in [1.54, 1.807) is 6.19 Å². The van der Waals surface area contributed by atoms with Gasteiger partial charge in [-0.2, -0.15) is 16.8 Å². The molecule has 1 aliphatic carbocycles. The van der Waals surface area contributed by atoms with Gasteiger partial charge in [-0.25, -0.2) is 17.6 Å². The topological polar surface area (TPSA) is 52.9 Å². The minimum atomic E-state index is -0.913. The lowest BCUT2D eigenvalue weighted by molar-refractivity contribution is 0.580. The van der Waals surface area contributed by atoms with Crippen molar-refractivity contribution in [3.63, 3.8) is 0 Å². The SMILES string of the molecule is [C-]#[N+]/N=C1/C=C(c2ccc(F)cc2F)C(=NC#N)C=C1c1ccc(F)cc1F. The van der Waals surface area contributed by atoms with Crippen LogP contribution in [-0.4, -0.2) is 11.4 Å². The van der Waals surface area contributed by atoms with Crippen molar-refractivity contribution in [1.29, 1.82) is 5.26 Å². The molecular formula is C20H8F4N4. The van der Waals surface area contributed by atoms with Crippen molar-refractivity contribution >= 4 is 22.6 Å². The molecule has 0 unspecified atom stereocenters. The number of nitriles is 1. The van der Waals surface area contributed by atoms with E-state index >= 15 is 0 Å². The summed E-state index contributed by atoms with van der Waals surface area (Å²) in [7, 11) is 0. The van der Waals surface area contributed by atoms with Gasteiger partial charge in [0.2, 0.25) is 6.19 Å². The van der Waals surface area contributed by atoms with Crippen molar-refractivity contribution in [3.05, 3.63) is 94.5 Å². The van der Waals surface area contributed by atoms with Crippen LogP contribution in [0, 0.1) is 41.3 Å². The predicted molar refractivity (Wildman–Crippen MR) is 95.8 cm³/mol. The molecule has 3 rings (SSSR count). The van der Waals surface area contributed by atoms with Crippen LogP contribution in [0.1, 0.15) is 11.1 Å². The van der Waals surface area contributed by atoms with Crippen LogP contribution in [0.4, 0.5) is 17.6 Å². The van der Waals surface area contributed by atoms with E-state index in [2.05, 4.69) is 15.0 Å². The van der Waals surface area contributed by atoms with Crippen molar-refractivity contribution in [3.8, 4) is 6.19 Å². The highest BCUT2D eigenvalue weighted by Crippen LogP contribution is 2.31. The molecule has 0 spiro atoms. The van der Waals surface area contributed by atoms with E-state index in [0.717, 1.165) is 24.3 Å². The Morgan fingerprint density at radius 1 is 0.821 bits per heavy atom. The van der Waals surface area contributed by atoms with Gasteiger partial charge in [0.15, 0.2) is 5.71 Å². The molecule has 8 heteroatoms. The predicted octanol–water partition coefficient (Wildman–Crippen LogP) is 4.92. The fourth-order valence-corrected chi connectivity index (χ4v) is 2.71. The quantitative estimate of drug-likeness (QED) is 0.240. The fourth-order valence-electron chi connectivity index (χ4n) is 2.71. The summed E-state index contributed by atoms with van der Waals surface area (Å²) < 4.78 is 55.0. The van der Waals surface area contributed by atoms with E-state index in [-0.39, 0.29) is 33.7 Å². The normalized spacial score (nSPS) is 16.4. The summed E-state index contributed by atoms with van der Waals surface area (Å²) in [6.07, 6.45) is 4.04. The second kappa shape index (κ2) is 7.68. The Morgan fingerprint density at radius 2 is 1.32 bits per heavy atom. The van der Waals surface area contributed by atoms with Crippen LogP contribution in [0.5, 0.6) is 0 Å². The van der Waals surface area contributed by atoms with Crippen LogP contribution < -0.4 is 0 Å². The van der Waals surface area contributed by atoms with E-state index in [0.29, 0.717) is 12.1 Å². The lowest BCUT2D eigenvalue weighted by Crippen LogP contribution is -2.14. The first-order valence-electron chi connectivity index (χ1n) is 7.70. The number of aliphatic imine (C=N–C) groups is 1. The maximum absolute atomic E-state index is 14.2. The maximum Gasteiger partial charge on any atom is 0.206 e. The Balaban J connectivity index is 2.24. The molecule has 2 aromatic carbocycles. The summed E-state index contributed by atoms with van der Waals surface area (Å²) in [5.41, 5.74) is -0.124. The van der Waals surface area contributed by atoms with Crippen LogP contribution in [0.2, 0.25) is 0 Å². The molecule has 0 radical (unpaired) electrons. The third-order valence-corrected chi connectivity index (χ3v) is 3.88. The van der Waals surface area contributed by atoms with Crippen molar-refractivity contribution in [1.82, 2.24) is 0 Å². The number of halogens is 4. The third-order valence-electron chi connectivity index (χ3n) is 3.88. The van der Waals surface area contributed by atoms with Crippen LogP contribution in [0.3, 0.4) is 0 Å². The number of allylic oxidation sites excluding steroid dienone is 4. The molecule has 0 atom stereocenters. The number of nitrogens with zero attached hydrogens (tertiary/aromatic N) is 4. The second-order valence-electron chi connectivity index (χ2n) is 5.55. The molecule has 0 aromatic heterocycles. The molecule has 0 saturated carbocycles. The second-order valence-corrected chi connectivity index (χ2v) is 5.55. The molecule has 4 nitrogen and oxygen atoms in total. The zero-order valence-electron chi connectivity index (χ0n) is 13.9. The van der Waals surface area contributed by atoms with E-state index in [1.807, 2.05) is 0 Å². The molecule has 28 heavy (non-hydrogen) atoms. The fraction of sp³-hybridized carbons (Fsp3) is 0. The summed E-state index contributed by atoms with van der Waals surface area (Å²) in [6, 6.07) is 5.66. The molecule has 0 saturated heterocycles. The van der Waals surface area contributed by atoms with Crippen LogP contribution in [0.15, 0.2) is 58.6 Å². The zero-order valence-corrected chi connectivity index (χ0v) is 13.9. The van der Waals surface area contributed by atoms with E-state index in [1.165, 1.54) is 12.2 Å². The van der Waals surface area contributed by atoms with Gasteiger partial charge in [-0.05, 0) is 36.4 Å². The molecule has 0 fully saturated rings. The first-order chi connectivity index (χ1) is 13.4. The summed E-state index contributed by atoms with van der Waals surface area (Å²) in [4.78, 5) is 6.53. The summed E-state index contributed by atoms with van der Waals surface area (Å²) in [5, 5.41) is 12.6. The minimum absolute atomic E-state index is 0.0453. The average Bonchev–Trinajstić information content (AvgIpc) is 2.64. The Morgan fingerprint density at radius 3 is 1.79 bits per heavy atom. The van der Waals surface area contributed by atoms with Crippen molar-refractivity contribution in [2.24, 2.45) is 10.1 Å². The van der Waals surface area contributed by atoms with Crippen LogP contribution >= 0.6 is 0 Å². The standard InChI is InChI=1S/C20H8F4N4/c1-26-28-20-9-15(13-4-2-11(21)6-17(13)23)19(27-10-25)8-16(20)14-5-3-12(22)7-18(14)24/h2-9H/b27-19?,28-20-. The lowest BCUT2D eigenvalue weighted by atomic mass is 9.87. The van der Waals surface area contributed by atoms with Gasteiger partial charge in [-0.3, -0.25) is 0 Å². The average molecular weight is 380 g/mol. The van der Waals surface area contributed by atoms with E-state index < -0.39 is 23.3 Å². The third kappa shape index (κ3) is 3.57. The zero-order chi connectivity index (χ0) is 20.3. The number of hydrogen-bond acceptors (Lipinski definition) is 3. The van der Waals surface area contributed by atoms with Crippen molar-refractivity contribution < 1.29 is 17.6 Å². The van der Waals surface area contributed by atoms with Crippen LogP contribution in [-0.2, 0) is 0 Å². The first-order valence-corrected chi connectivity index (χ1v) is 7.70. The summed E-state index contributed by atoms with van der Waals surface area (Å²) >= 11 is 0. The molecule has 0 N–H and O–H groups in total. The molecule has 0 heterocycles. The molecule has 0 aliphatic heterocycles. The van der Waals surface area contributed by atoms with Crippen molar-refractivity contribution in [2.45, 2.75) is 0 Å². The van der Waals surface area contributed by atoms with Gasteiger partial charge < -0.3 is 0 Å². The number of rotatable bonds is 2. The van der Waals surface area contributed by atoms with Gasteiger partial charge in [-0.1, -0.05) is 0 Å². The van der Waals surface area contributed by atoms with Gasteiger partial charge in [0, 0.05) is 34.4 Å². The first kappa shape index (κ1) is 18.7. The monoisotopic (exact) mass is 380 g/mol. The van der Waals surface area contributed by atoms with Gasteiger partial charge in [-0.15, -0.1) is 4.95 Å². The summed E-state index contributed by atoms with van der Waals surface area (Å²) in [6.45, 7) is 6.97. The highest BCUT2D eigenvalue weighted by Gasteiger charge is 2.25.